The van der Waals surface area contributed by atoms with Gasteiger partial charge in [-0.3, -0.25) is 14.9 Å². The molecule has 1 saturated heterocycles. The molecule has 0 bridgehead atoms. The van der Waals surface area contributed by atoms with Gasteiger partial charge in [0.1, 0.15) is 0 Å². The average molecular weight is 468 g/mol. The second-order valence-electron chi connectivity index (χ2n) is 6.36. The lowest BCUT2D eigenvalue weighted by atomic mass is 10.1. The van der Waals surface area contributed by atoms with E-state index in [1.165, 1.54) is 34.6 Å². The van der Waals surface area contributed by atoms with Crippen LogP contribution in [0.15, 0.2) is 51.8 Å². The van der Waals surface area contributed by atoms with E-state index in [4.69, 9.17) is 0 Å². The topological polar surface area (TPSA) is 110 Å². The van der Waals surface area contributed by atoms with E-state index >= 15 is 0 Å². The summed E-state index contributed by atoms with van der Waals surface area (Å²) in [6.07, 6.45) is 1.75. The zero-order valence-corrected chi connectivity index (χ0v) is 17.2. The molecule has 1 amide bonds. The highest BCUT2D eigenvalue weighted by atomic mass is 79.9. The molecule has 1 fully saturated rings. The fourth-order valence-electron chi connectivity index (χ4n) is 2.94. The van der Waals surface area contributed by atoms with E-state index in [1.807, 2.05) is 0 Å². The Morgan fingerprint density at radius 1 is 1.14 bits per heavy atom. The number of nitro benzene ring substituents is 1. The lowest BCUT2D eigenvalue weighted by molar-refractivity contribution is -0.385. The van der Waals surface area contributed by atoms with E-state index in [2.05, 4.69) is 21.2 Å². The average Bonchev–Trinajstić information content (AvgIpc) is 3.22. The molecule has 0 unspecified atom stereocenters. The predicted octanol–water partition coefficient (Wildman–Crippen LogP) is 3.07. The van der Waals surface area contributed by atoms with Crippen LogP contribution in [0.25, 0.3) is 0 Å². The number of nitrogens with zero attached hydrogens (tertiary/aromatic N) is 2. The highest BCUT2D eigenvalue weighted by Gasteiger charge is 2.26. The largest absolute Gasteiger partial charge is 0.348 e. The minimum absolute atomic E-state index is 0.170. The van der Waals surface area contributed by atoms with Crippen LogP contribution in [0.4, 0.5) is 5.69 Å². The van der Waals surface area contributed by atoms with Crippen molar-refractivity contribution in [1.29, 1.82) is 0 Å². The van der Waals surface area contributed by atoms with Gasteiger partial charge in [0.15, 0.2) is 0 Å². The summed E-state index contributed by atoms with van der Waals surface area (Å²) >= 11 is 3.08. The molecule has 28 heavy (non-hydrogen) atoms. The van der Waals surface area contributed by atoms with E-state index in [9.17, 15) is 23.3 Å². The quantitative estimate of drug-likeness (QED) is 0.518. The van der Waals surface area contributed by atoms with Crippen LogP contribution in [0, 0.1) is 10.1 Å². The van der Waals surface area contributed by atoms with Crippen LogP contribution in [0.2, 0.25) is 0 Å². The SMILES string of the molecule is O=C(NCc1ccc(S(=O)(=O)N2CCCC2)cc1)c1ccc(Br)c([N+](=O)[O-])c1. The first-order valence-corrected chi connectivity index (χ1v) is 10.8. The Hall–Kier alpha value is -2.30. The molecule has 0 radical (unpaired) electrons. The van der Waals surface area contributed by atoms with E-state index in [0.29, 0.717) is 17.6 Å². The van der Waals surface area contributed by atoms with Crippen LogP contribution in [0.5, 0.6) is 0 Å². The molecular weight excluding hydrogens is 450 g/mol. The third-order valence-electron chi connectivity index (χ3n) is 4.48. The number of halogens is 1. The molecule has 148 valence electrons. The molecule has 0 aromatic heterocycles. The van der Waals surface area contributed by atoms with Gasteiger partial charge in [0.05, 0.1) is 14.3 Å². The molecular formula is C18H18BrN3O5S. The van der Waals surface area contributed by atoms with E-state index in [1.54, 1.807) is 12.1 Å². The first-order chi connectivity index (χ1) is 13.3. The maximum absolute atomic E-state index is 12.5. The number of hydrogen-bond acceptors (Lipinski definition) is 5. The molecule has 0 aliphatic carbocycles. The number of hydrogen-bond donors (Lipinski definition) is 1. The van der Waals surface area contributed by atoms with Crippen LogP contribution in [0.1, 0.15) is 28.8 Å². The summed E-state index contributed by atoms with van der Waals surface area (Å²) in [5, 5.41) is 13.7. The lowest BCUT2D eigenvalue weighted by Crippen LogP contribution is -2.28. The van der Waals surface area contributed by atoms with E-state index in [-0.39, 0.29) is 22.7 Å². The second kappa shape index (κ2) is 8.38. The molecule has 0 atom stereocenters. The summed E-state index contributed by atoms with van der Waals surface area (Å²) in [5.41, 5.74) is 0.701. The van der Waals surface area contributed by atoms with Crippen molar-refractivity contribution in [1.82, 2.24) is 9.62 Å². The van der Waals surface area contributed by atoms with Crippen LogP contribution in [-0.4, -0.2) is 36.6 Å². The molecule has 8 nitrogen and oxygen atoms in total. The molecule has 10 heteroatoms. The molecule has 0 saturated carbocycles. The Balaban J connectivity index is 1.66. The standard InChI is InChI=1S/C18H18BrN3O5S/c19-16-8-5-14(11-17(16)22(24)25)18(23)20-12-13-3-6-15(7-4-13)28(26,27)21-9-1-2-10-21/h3-8,11H,1-2,9-10,12H2,(H,20,23). The van der Waals surface area contributed by atoms with Gasteiger partial charge >= 0.3 is 0 Å². The zero-order chi connectivity index (χ0) is 20.3. The Kier molecular flexibility index (Phi) is 6.11. The fraction of sp³-hybridized carbons (Fsp3) is 0.278. The first-order valence-electron chi connectivity index (χ1n) is 8.60. The summed E-state index contributed by atoms with van der Waals surface area (Å²) in [5.74, 6) is -0.454. The lowest BCUT2D eigenvalue weighted by Gasteiger charge is -2.15. The predicted molar refractivity (Wildman–Crippen MR) is 106 cm³/mol. The first kappa shape index (κ1) is 20.4. The normalized spacial score (nSPS) is 14.8. The van der Waals surface area contributed by atoms with Gasteiger partial charge in [-0.2, -0.15) is 4.31 Å². The Morgan fingerprint density at radius 3 is 2.39 bits per heavy atom. The summed E-state index contributed by atoms with van der Waals surface area (Å²) in [6, 6.07) is 10.5. The Labute approximate surface area is 170 Å². The van der Waals surface area contributed by atoms with Gasteiger partial charge < -0.3 is 5.32 Å². The molecule has 2 aromatic rings. The van der Waals surface area contributed by atoms with Crippen molar-refractivity contribution in [3.63, 3.8) is 0 Å². The van der Waals surface area contributed by atoms with Crippen LogP contribution >= 0.6 is 15.9 Å². The van der Waals surface area contributed by atoms with Crippen LogP contribution < -0.4 is 5.32 Å². The third-order valence-corrected chi connectivity index (χ3v) is 7.07. The van der Waals surface area contributed by atoms with Crippen molar-refractivity contribution in [3.05, 3.63) is 68.2 Å². The van der Waals surface area contributed by atoms with Crippen molar-refractivity contribution in [3.8, 4) is 0 Å². The number of nitro groups is 1. The fourth-order valence-corrected chi connectivity index (χ4v) is 4.84. The highest BCUT2D eigenvalue weighted by Crippen LogP contribution is 2.25. The molecule has 2 aromatic carbocycles. The summed E-state index contributed by atoms with van der Waals surface area (Å²) in [7, 11) is -3.47. The third kappa shape index (κ3) is 4.40. The van der Waals surface area contributed by atoms with Gasteiger partial charge in [0, 0.05) is 31.3 Å². The molecule has 1 N–H and O–H groups in total. The summed E-state index contributed by atoms with van der Waals surface area (Å²) in [4.78, 5) is 22.9. The van der Waals surface area contributed by atoms with Crippen LogP contribution in [-0.2, 0) is 16.6 Å². The number of carbonyl (C=O) groups excluding carboxylic acids is 1. The molecule has 1 aliphatic rings. The molecule has 1 heterocycles. The van der Waals surface area contributed by atoms with E-state index < -0.39 is 20.9 Å². The van der Waals surface area contributed by atoms with Gasteiger partial charge in [0.25, 0.3) is 11.6 Å². The number of nitrogens with one attached hydrogen (secondary N) is 1. The van der Waals surface area contributed by atoms with Gasteiger partial charge in [-0.1, -0.05) is 12.1 Å². The van der Waals surface area contributed by atoms with Gasteiger partial charge in [-0.15, -0.1) is 0 Å². The van der Waals surface area contributed by atoms with Crippen LogP contribution in [0.3, 0.4) is 0 Å². The highest BCUT2D eigenvalue weighted by molar-refractivity contribution is 9.10. The number of sulfonamides is 1. The minimum Gasteiger partial charge on any atom is -0.348 e. The van der Waals surface area contributed by atoms with E-state index in [0.717, 1.165) is 18.4 Å². The van der Waals surface area contributed by atoms with Crippen molar-refractivity contribution < 1.29 is 18.1 Å². The zero-order valence-electron chi connectivity index (χ0n) is 14.8. The van der Waals surface area contributed by atoms with Crippen molar-refractivity contribution in [2.24, 2.45) is 0 Å². The summed E-state index contributed by atoms with van der Waals surface area (Å²) < 4.78 is 26.8. The minimum atomic E-state index is -3.47. The van der Waals surface area contributed by atoms with Crippen molar-refractivity contribution in [2.45, 2.75) is 24.3 Å². The number of benzene rings is 2. The number of carbonyl (C=O) groups is 1. The number of rotatable bonds is 6. The summed E-state index contributed by atoms with van der Waals surface area (Å²) in [6.45, 7) is 1.26. The van der Waals surface area contributed by atoms with Crippen molar-refractivity contribution in [2.75, 3.05) is 13.1 Å². The number of amides is 1. The Morgan fingerprint density at radius 2 is 1.79 bits per heavy atom. The maximum Gasteiger partial charge on any atom is 0.284 e. The molecule has 1 aliphatic heterocycles. The molecule has 0 spiro atoms. The molecule has 3 rings (SSSR count). The smallest absolute Gasteiger partial charge is 0.284 e. The maximum atomic E-state index is 12.5. The van der Waals surface area contributed by atoms with Gasteiger partial charge in [-0.05, 0) is 58.6 Å². The van der Waals surface area contributed by atoms with Crippen molar-refractivity contribution >= 4 is 37.5 Å². The van der Waals surface area contributed by atoms with Gasteiger partial charge in [-0.25, -0.2) is 8.42 Å². The Bertz CT molecular complexity index is 1000. The monoisotopic (exact) mass is 467 g/mol. The van der Waals surface area contributed by atoms with Gasteiger partial charge in [0.2, 0.25) is 10.0 Å². The second-order valence-corrected chi connectivity index (χ2v) is 9.15.